The lowest BCUT2D eigenvalue weighted by Gasteiger charge is -2.12. The molecule has 0 radical (unpaired) electrons. The number of hydrogen-bond donors (Lipinski definition) is 0. The predicted octanol–water partition coefficient (Wildman–Crippen LogP) is 4.96. The number of rotatable bonds is 6. The van der Waals surface area contributed by atoms with Gasteiger partial charge in [-0.15, -0.1) is 0 Å². The van der Waals surface area contributed by atoms with Gasteiger partial charge in [0.25, 0.3) is 5.91 Å². The van der Waals surface area contributed by atoms with Gasteiger partial charge in [-0.25, -0.2) is 4.98 Å². The van der Waals surface area contributed by atoms with Crippen LogP contribution in [0.3, 0.4) is 0 Å². The van der Waals surface area contributed by atoms with Crippen LogP contribution in [0, 0.1) is 10.1 Å². The average molecular weight is 438 g/mol. The molecule has 0 atom stereocenters. The Bertz CT molecular complexity index is 1250. The summed E-state index contributed by atoms with van der Waals surface area (Å²) in [5.41, 5.74) is 1.50. The topological polar surface area (TPSA) is 97.9 Å². The third-order valence-corrected chi connectivity index (χ3v) is 6.08. The van der Waals surface area contributed by atoms with Crippen molar-refractivity contribution in [3.05, 3.63) is 81.2 Å². The van der Waals surface area contributed by atoms with Gasteiger partial charge < -0.3 is 4.74 Å². The maximum atomic E-state index is 13.1. The zero-order valence-corrected chi connectivity index (χ0v) is 17.2. The van der Waals surface area contributed by atoms with Crippen LogP contribution in [0.1, 0.15) is 15.2 Å². The molecule has 0 saturated heterocycles. The van der Waals surface area contributed by atoms with Gasteiger partial charge in [0, 0.05) is 6.07 Å². The molecule has 150 valence electrons. The molecule has 0 fully saturated rings. The van der Waals surface area contributed by atoms with Crippen LogP contribution in [0.4, 0.5) is 10.1 Å². The summed E-state index contributed by atoms with van der Waals surface area (Å²) >= 11 is 2.08. The number of carbonyl (C=O) groups is 1. The number of hydrogen-bond acceptors (Lipinski definition) is 8. The van der Waals surface area contributed by atoms with Crippen molar-refractivity contribution in [2.45, 2.75) is 0 Å². The molecule has 2 heterocycles. The van der Waals surface area contributed by atoms with Crippen molar-refractivity contribution in [3.8, 4) is 5.75 Å². The van der Waals surface area contributed by atoms with Gasteiger partial charge in [-0.1, -0.05) is 53.0 Å². The highest BCUT2D eigenvalue weighted by Crippen LogP contribution is 2.33. The molecule has 1 amide bonds. The monoisotopic (exact) mass is 438 g/mol. The Morgan fingerprint density at radius 3 is 2.67 bits per heavy atom. The van der Waals surface area contributed by atoms with Crippen molar-refractivity contribution in [2.24, 2.45) is 5.10 Å². The summed E-state index contributed by atoms with van der Waals surface area (Å²) in [6.45, 7) is 0. The number of benzene rings is 2. The molecule has 0 aliphatic rings. The Morgan fingerprint density at radius 2 is 1.97 bits per heavy atom. The van der Waals surface area contributed by atoms with Crippen molar-refractivity contribution in [1.82, 2.24) is 4.98 Å². The molecule has 2 aromatic carbocycles. The molecular formula is C20H14N4O4S2. The molecule has 4 aromatic rings. The first-order chi connectivity index (χ1) is 14.5. The van der Waals surface area contributed by atoms with E-state index in [2.05, 4.69) is 10.1 Å². The van der Waals surface area contributed by atoms with E-state index in [0.29, 0.717) is 16.4 Å². The number of nitrogens with zero attached hydrogens (tertiary/aromatic N) is 4. The second kappa shape index (κ2) is 8.39. The smallest absolute Gasteiger partial charge is 0.324 e. The van der Waals surface area contributed by atoms with Gasteiger partial charge in [0.2, 0.25) is 5.13 Å². The van der Waals surface area contributed by atoms with Crippen molar-refractivity contribution in [1.29, 1.82) is 0 Å². The van der Waals surface area contributed by atoms with E-state index < -0.39 is 10.8 Å². The average Bonchev–Trinajstić information content (AvgIpc) is 3.41. The summed E-state index contributed by atoms with van der Waals surface area (Å²) in [7, 11) is 1.58. The van der Waals surface area contributed by atoms with Gasteiger partial charge in [0.15, 0.2) is 0 Å². The van der Waals surface area contributed by atoms with Crippen molar-refractivity contribution in [3.63, 3.8) is 0 Å². The number of ether oxygens (including phenoxy) is 1. The Hall–Kier alpha value is -3.63. The van der Waals surface area contributed by atoms with Crippen molar-refractivity contribution < 1.29 is 14.5 Å². The van der Waals surface area contributed by atoms with Crippen LogP contribution in [-0.2, 0) is 0 Å². The number of amides is 1. The van der Waals surface area contributed by atoms with E-state index in [0.717, 1.165) is 21.6 Å². The summed E-state index contributed by atoms with van der Waals surface area (Å²) in [4.78, 5) is 28.3. The summed E-state index contributed by atoms with van der Waals surface area (Å²) in [5.74, 6) is 0.184. The summed E-state index contributed by atoms with van der Waals surface area (Å²) in [6, 6.07) is 17.5. The summed E-state index contributed by atoms with van der Waals surface area (Å²) in [6.07, 6.45) is 1.55. The standard InChI is InChI=1S/C20H14N4O4S2/c1-28-14-7-8-15-17(11-14)30-20(22-15)23(21-12-13-5-3-2-4-6-13)19(25)16-9-10-18(29-16)24(26)27/h2-12H,1H3/b21-12+. The van der Waals surface area contributed by atoms with E-state index in [1.165, 1.54) is 28.5 Å². The Kier molecular flexibility index (Phi) is 5.50. The largest absolute Gasteiger partial charge is 0.497 e. The molecule has 30 heavy (non-hydrogen) atoms. The third-order valence-electron chi connectivity index (χ3n) is 4.06. The molecular weight excluding hydrogens is 424 g/mol. The number of aromatic nitrogens is 1. The second-order valence-electron chi connectivity index (χ2n) is 6.00. The van der Waals surface area contributed by atoms with E-state index in [1.54, 1.807) is 25.5 Å². The number of nitro groups is 1. The van der Waals surface area contributed by atoms with Gasteiger partial charge in [-0.05, 0) is 29.8 Å². The molecule has 0 bridgehead atoms. The number of anilines is 1. The van der Waals surface area contributed by atoms with Crippen LogP contribution < -0.4 is 9.75 Å². The first kappa shape index (κ1) is 19.7. The first-order valence-corrected chi connectivity index (χ1v) is 10.3. The highest BCUT2D eigenvalue weighted by atomic mass is 32.1. The zero-order chi connectivity index (χ0) is 21.1. The molecule has 0 unspecified atom stereocenters. The quantitative estimate of drug-likeness (QED) is 0.241. The second-order valence-corrected chi connectivity index (χ2v) is 8.07. The van der Waals surface area contributed by atoms with E-state index in [1.807, 2.05) is 36.4 Å². The molecule has 0 aliphatic carbocycles. The molecule has 8 nitrogen and oxygen atoms in total. The summed E-state index contributed by atoms with van der Waals surface area (Å²) in [5, 5.41) is 16.8. The summed E-state index contributed by atoms with van der Waals surface area (Å²) < 4.78 is 6.07. The van der Waals surface area contributed by atoms with E-state index >= 15 is 0 Å². The third kappa shape index (κ3) is 4.04. The minimum atomic E-state index is -0.525. The van der Waals surface area contributed by atoms with Gasteiger partial charge >= 0.3 is 5.00 Å². The number of methoxy groups -OCH3 is 1. The normalized spacial score (nSPS) is 11.1. The van der Waals surface area contributed by atoms with Crippen molar-refractivity contribution >= 4 is 55.1 Å². The maximum Gasteiger partial charge on any atom is 0.324 e. The van der Waals surface area contributed by atoms with Crippen LogP contribution in [0.5, 0.6) is 5.75 Å². The van der Waals surface area contributed by atoms with E-state index in [-0.39, 0.29) is 9.88 Å². The van der Waals surface area contributed by atoms with E-state index in [9.17, 15) is 14.9 Å². The van der Waals surface area contributed by atoms with Crippen LogP contribution in [0.15, 0.2) is 65.8 Å². The lowest BCUT2D eigenvalue weighted by atomic mass is 10.2. The lowest BCUT2D eigenvalue weighted by Crippen LogP contribution is -2.24. The predicted molar refractivity (Wildman–Crippen MR) is 118 cm³/mol. The molecule has 0 spiro atoms. The fourth-order valence-electron chi connectivity index (χ4n) is 2.61. The number of fused-ring (bicyclic) bond motifs is 1. The SMILES string of the molecule is COc1ccc2nc(N(/N=C/c3ccccc3)C(=O)c3ccc([N+](=O)[O-])s3)sc2c1. The minimum Gasteiger partial charge on any atom is -0.497 e. The van der Waals surface area contributed by atoms with E-state index in [4.69, 9.17) is 4.74 Å². The molecule has 4 rings (SSSR count). The van der Waals surface area contributed by atoms with Crippen LogP contribution in [-0.4, -0.2) is 29.1 Å². The zero-order valence-electron chi connectivity index (χ0n) is 15.6. The fourth-order valence-corrected chi connectivity index (χ4v) is 4.30. The molecule has 0 N–H and O–H groups in total. The fraction of sp³-hybridized carbons (Fsp3) is 0.0500. The van der Waals surface area contributed by atoms with Gasteiger partial charge in [-0.3, -0.25) is 14.9 Å². The number of carbonyl (C=O) groups excluding carboxylic acids is 1. The van der Waals surface area contributed by atoms with Gasteiger partial charge in [0.05, 0.1) is 28.5 Å². The Balaban J connectivity index is 1.75. The number of hydrazone groups is 1. The number of thiophene rings is 1. The van der Waals surface area contributed by atoms with Crippen LogP contribution in [0.25, 0.3) is 10.2 Å². The molecule has 2 aromatic heterocycles. The lowest BCUT2D eigenvalue weighted by molar-refractivity contribution is -0.380. The highest BCUT2D eigenvalue weighted by Gasteiger charge is 2.24. The minimum absolute atomic E-state index is 0.112. The molecule has 10 heteroatoms. The molecule has 0 saturated carbocycles. The molecule has 0 aliphatic heterocycles. The highest BCUT2D eigenvalue weighted by molar-refractivity contribution is 7.22. The first-order valence-electron chi connectivity index (χ1n) is 8.67. The number of thiazole rings is 1. The van der Waals surface area contributed by atoms with Gasteiger partial charge in [-0.2, -0.15) is 10.1 Å². The Labute approximate surface area is 178 Å². The van der Waals surface area contributed by atoms with Gasteiger partial charge in [0.1, 0.15) is 10.6 Å². The van der Waals surface area contributed by atoms with Crippen LogP contribution >= 0.6 is 22.7 Å². The maximum absolute atomic E-state index is 13.1. The van der Waals surface area contributed by atoms with Crippen LogP contribution in [0.2, 0.25) is 0 Å². The Morgan fingerprint density at radius 1 is 1.17 bits per heavy atom. The van der Waals surface area contributed by atoms with Crippen molar-refractivity contribution in [2.75, 3.05) is 12.1 Å².